The topological polar surface area (TPSA) is 47.6 Å². The molecule has 0 aromatic heterocycles. The SMILES string of the molecule is CCCO[C@]1(C(=O)Nc2ccc(OCC(C)C)c3ccccc23)CCC[C@H](C)C1. The molecule has 0 saturated heterocycles. The number of fused-ring (bicyclic) bond motifs is 1. The van der Waals surface area contributed by atoms with Crippen LogP contribution in [0.5, 0.6) is 5.75 Å². The van der Waals surface area contributed by atoms with Crippen molar-refractivity contribution >= 4 is 22.4 Å². The number of anilines is 1. The van der Waals surface area contributed by atoms with Crippen molar-refractivity contribution in [3.8, 4) is 5.75 Å². The molecule has 0 unspecified atom stereocenters. The molecule has 0 radical (unpaired) electrons. The van der Waals surface area contributed by atoms with Gasteiger partial charge in [-0.1, -0.05) is 58.4 Å². The van der Waals surface area contributed by atoms with Crippen LogP contribution in [0.1, 0.15) is 59.8 Å². The first-order valence-electron chi connectivity index (χ1n) is 11.0. The van der Waals surface area contributed by atoms with Gasteiger partial charge in [0.1, 0.15) is 11.4 Å². The van der Waals surface area contributed by atoms with Gasteiger partial charge in [-0.15, -0.1) is 0 Å². The van der Waals surface area contributed by atoms with Crippen LogP contribution in [0, 0.1) is 11.8 Å². The molecule has 1 aliphatic carbocycles. The van der Waals surface area contributed by atoms with Crippen molar-refractivity contribution < 1.29 is 14.3 Å². The van der Waals surface area contributed by atoms with Crippen LogP contribution in [0.15, 0.2) is 36.4 Å². The number of amides is 1. The molecule has 158 valence electrons. The Kier molecular flexibility index (Phi) is 7.18. The van der Waals surface area contributed by atoms with E-state index >= 15 is 0 Å². The van der Waals surface area contributed by atoms with E-state index in [0.29, 0.717) is 25.0 Å². The van der Waals surface area contributed by atoms with Crippen LogP contribution in [-0.4, -0.2) is 24.7 Å². The third-order valence-electron chi connectivity index (χ3n) is 5.66. The minimum absolute atomic E-state index is 0.0153. The molecule has 4 nitrogen and oxygen atoms in total. The summed E-state index contributed by atoms with van der Waals surface area (Å²) in [6, 6.07) is 12.0. The quantitative estimate of drug-likeness (QED) is 0.578. The molecule has 29 heavy (non-hydrogen) atoms. The molecule has 0 bridgehead atoms. The number of ether oxygens (including phenoxy) is 2. The Morgan fingerprint density at radius 1 is 1.21 bits per heavy atom. The van der Waals surface area contributed by atoms with Gasteiger partial charge in [-0.25, -0.2) is 0 Å². The van der Waals surface area contributed by atoms with Gasteiger partial charge in [0.2, 0.25) is 0 Å². The van der Waals surface area contributed by atoms with Gasteiger partial charge in [-0.05, 0) is 49.7 Å². The molecule has 0 aliphatic heterocycles. The number of nitrogens with one attached hydrogen (secondary N) is 1. The minimum atomic E-state index is -0.721. The van der Waals surface area contributed by atoms with E-state index in [1.54, 1.807) is 0 Å². The number of hydrogen-bond acceptors (Lipinski definition) is 3. The molecule has 2 aromatic rings. The van der Waals surface area contributed by atoms with Crippen molar-refractivity contribution in [2.75, 3.05) is 18.5 Å². The van der Waals surface area contributed by atoms with E-state index in [4.69, 9.17) is 9.47 Å². The van der Waals surface area contributed by atoms with Gasteiger partial charge in [-0.2, -0.15) is 0 Å². The average molecular weight is 398 g/mol. The van der Waals surface area contributed by atoms with Crippen molar-refractivity contribution in [1.82, 2.24) is 0 Å². The molecular formula is C25H35NO3. The summed E-state index contributed by atoms with van der Waals surface area (Å²) in [7, 11) is 0. The van der Waals surface area contributed by atoms with Crippen molar-refractivity contribution in [2.24, 2.45) is 11.8 Å². The van der Waals surface area contributed by atoms with Crippen LogP contribution in [0.2, 0.25) is 0 Å². The maximum absolute atomic E-state index is 13.4. The van der Waals surface area contributed by atoms with Gasteiger partial charge >= 0.3 is 0 Å². The number of benzene rings is 2. The highest BCUT2D eigenvalue weighted by Crippen LogP contribution is 2.38. The molecule has 0 heterocycles. The standard InChI is InChI=1S/C25H35NO3/c1-5-15-29-25(14-8-9-19(4)16-25)24(27)26-22-12-13-23(28-17-18(2)3)21-11-7-6-10-20(21)22/h6-7,10-13,18-19H,5,8-9,14-17H2,1-4H3,(H,26,27)/t19-,25+/m0/s1. The zero-order valence-electron chi connectivity index (χ0n) is 18.3. The van der Waals surface area contributed by atoms with Crippen LogP contribution in [-0.2, 0) is 9.53 Å². The van der Waals surface area contributed by atoms with Crippen molar-refractivity contribution in [2.45, 2.75) is 65.4 Å². The lowest BCUT2D eigenvalue weighted by Gasteiger charge is -2.38. The highest BCUT2D eigenvalue weighted by Gasteiger charge is 2.42. The fourth-order valence-corrected chi connectivity index (χ4v) is 4.20. The summed E-state index contributed by atoms with van der Waals surface area (Å²) < 4.78 is 12.2. The van der Waals surface area contributed by atoms with E-state index in [-0.39, 0.29) is 5.91 Å². The summed E-state index contributed by atoms with van der Waals surface area (Å²) in [6.07, 6.45) is 4.67. The molecule has 4 heteroatoms. The molecule has 2 aromatic carbocycles. The largest absolute Gasteiger partial charge is 0.493 e. The Morgan fingerprint density at radius 2 is 1.97 bits per heavy atom. The lowest BCUT2D eigenvalue weighted by Crippen LogP contribution is -2.48. The number of rotatable bonds is 8. The predicted molar refractivity (Wildman–Crippen MR) is 120 cm³/mol. The smallest absolute Gasteiger partial charge is 0.256 e. The molecule has 3 rings (SSSR count). The van der Waals surface area contributed by atoms with Crippen molar-refractivity contribution in [3.05, 3.63) is 36.4 Å². The van der Waals surface area contributed by atoms with Crippen LogP contribution in [0.25, 0.3) is 10.8 Å². The van der Waals surface area contributed by atoms with E-state index < -0.39 is 5.60 Å². The van der Waals surface area contributed by atoms with Crippen LogP contribution < -0.4 is 10.1 Å². The summed E-state index contributed by atoms with van der Waals surface area (Å²) in [5.74, 6) is 1.79. The second-order valence-electron chi connectivity index (χ2n) is 8.86. The normalized spacial score (nSPS) is 22.0. The Balaban J connectivity index is 1.88. The fraction of sp³-hybridized carbons (Fsp3) is 0.560. The van der Waals surface area contributed by atoms with Gasteiger partial charge in [0.15, 0.2) is 0 Å². The van der Waals surface area contributed by atoms with Gasteiger partial charge < -0.3 is 14.8 Å². The maximum atomic E-state index is 13.4. The Morgan fingerprint density at radius 3 is 2.66 bits per heavy atom. The molecular weight excluding hydrogens is 362 g/mol. The summed E-state index contributed by atoms with van der Waals surface area (Å²) >= 11 is 0. The summed E-state index contributed by atoms with van der Waals surface area (Å²) in [6.45, 7) is 9.85. The third-order valence-corrected chi connectivity index (χ3v) is 5.66. The van der Waals surface area contributed by atoms with Crippen molar-refractivity contribution in [3.63, 3.8) is 0 Å². The average Bonchev–Trinajstić information content (AvgIpc) is 2.71. The van der Waals surface area contributed by atoms with E-state index in [1.807, 2.05) is 36.4 Å². The third kappa shape index (κ3) is 5.11. The minimum Gasteiger partial charge on any atom is -0.493 e. The summed E-state index contributed by atoms with van der Waals surface area (Å²) in [4.78, 5) is 13.4. The van der Waals surface area contributed by atoms with E-state index in [1.165, 1.54) is 0 Å². The zero-order valence-corrected chi connectivity index (χ0v) is 18.3. The zero-order chi connectivity index (χ0) is 20.9. The Hall–Kier alpha value is -2.07. The first kappa shape index (κ1) is 21.6. The van der Waals surface area contributed by atoms with Crippen molar-refractivity contribution in [1.29, 1.82) is 0 Å². The van der Waals surface area contributed by atoms with Gasteiger partial charge in [0, 0.05) is 23.1 Å². The van der Waals surface area contributed by atoms with Gasteiger partial charge in [0.25, 0.3) is 5.91 Å². The number of carbonyl (C=O) groups is 1. The van der Waals surface area contributed by atoms with E-state index in [2.05, 4.69) is 33.0 Å². The predicted octanol–water partition coefficient (Wildman–Crippen LogP) is 6.19. The second-order valence-corrected chi connectivity index (χ2v) is 8.86. The number of carbonyl (C=O) groups excluding carboxylic acids is 1. The molecule has 1 N–H and O–H groups in total. The van der Waals surface area contributed by atoms with Crippen LogP contribution >= 0.6 is 0 Å². The van der Waals surface area contributed by atoms with Crippen LogP contribution in [0.3, 0.4) is 0 Å². The lowest BCUT2D eigenvalue weighted by atomic mass is 9.78. The van der Waals surface area contributed by atoms with E-state index in [0.717, 1.165) is 54.3 Å². The molecule has 1 amide bonds. The van der Waals surface area contributed by atoms with Gasteiger partial charge in [-0.3, -0.25) is 4.79 Å². The lowest BCUT2D eigenvalue weighted by molar-refractivity contribution is -0.148. The first-order valence-corrected chi connectivity index (χ1v) is 11.0. The molecule has 1 saturated carbocycles. The first-order chi connectivity index (χ1) is 13.9. The monoisotopic (exact) mass is 397 g/mol. The van der Waals surface area contributed by atoms with E-state index in [9.17, 15) is 4.79 Å². The molecule has 0 spiro atoms. The van der Waals surface area contributed by atoms with Crippen LogP contribution in [0.4, 0.5) is 5.69 Å². The molecule has 1 aliphatic rings. The fourth-order valence-electron chi connectivity index (χ4n) is 4.20. The van der Waals surface area contributed by atoms with Gasteiger partial charge in [0.05, 0.1) is 6.61 Å². The summed E-state index contributed by atoms with van der Waals surface area (Å²) in [5.41, 5.74) is 0.0990. The molecule has 2 atom stereocenters. The second kappa shape index (κ2) is 9.62. The Labute approximate surface area is 175 Å². The molecule has 1 fully saturated rings. The highest BCUT2D eigenvalue weighted by molar-refractivity contribution is 6.06. The number of hydrogen-bond donors (Lipinski definition) is 1. The highest BCUT2D eigenvalue weighted by atomic mass is 16.5. The maximum Gasteiger partial charge on any atom is 0.256 e. The Bertz CT molecular complexity index is 832. The summed E-state index contributed by atoms with van der Waals surface area (Å²) in [5, 5.41) is 5.21.